The third kappa shape index (κ3) is 7.00. The quantitative estimate of drug-likeness (QED) is 0.354. The van der Waals surface area contributed by atoms with Crippen molar-refractivity contribution in [3.05, 3.63) is 48.5 Å². The standard InChI is InChI=1S/C24H30FN5O4/c1-24(2,33-4)9-10-26-23(31)30-17-7-5-16(6-8-17)29-22-21-19(25)13-18(34-12-11-32-3)14-20(21)27-15-28-22/h5-8,13-15H,9-12H2,1-4H3,(H2,26,30,31)(H,27,28,29). The van der Waals surface area contributed by atoms with E-state index in [1.54, 1.807) is 44.6 Å². The van der Waals surface area contributed by atoms with Crippen molar-refractivity contribution in [1.29, 1.82) is 0 Å². The average Bonchev–Trinajstić information content (AvgIpc) is 2.80. The zero-order valence-electron chi connectivity index (χ0n) is 19.8. The molecule has 10 heteroatoms. The van der Waals surface area contributed by atoms with E-state index in [1.165, 1.54) is 12.4 Å². The molecule has 0 spiro atoms. The first-order valence-corrected chi connectivity index (χ1v) is 10.8. The molecule has 2 amide bonds. The van der Waals surface area contributed by atoms with Crippen LogP contribution in [0.25, 0.3) is 10.9 Å². The molecule has 3 N–H and O–H groups in total. The molecule has 1 heterocycles. The molecule has 9 nitrogen and oxygen atoms in total. The van der Waals surface area contributed by atoms with Crippen molar-refractivity contribution in [2.24, 2.45) is 0 Å². The van der Waals surface area contributed by atoms with Crippen molar-refractivity contribution >= 4 is 34.1 Å². The summed E-state index contributed by atoms with van der Waals surface area (Å²) in [7, 11) is 3.21. The number of hydrogen-bond acceptors (Lipinski definition) is 7. The van der Waals surface area contributed by atoms with Crippen LogP contribution in [0.15, 0.2) is 42.7 Å². The third-order valence-electron chi connectivity index (χ3n) is 5.19. The Hall–Kier alpha value is -3.50. The molecule has 2 aromatic carbocycles. The summed E-state index contributed by atoms with van der Waals surface area (Å²) < 4.78 is 30.6. The highest BCUT2D eigenvalue weighted by Gasteiger charge is 2.16. The van der Waals surface area contributed by atoms with E-state index in [0.717, 1.165) is 0 Å². The van der Waals surface area contributed by atoms with Crippen LogP contribution in [0.1, 0.15) is 20.3 Å². The number of carbonyl (C=O) groups is 1. The monoisotopic (exact) mass is 471 g/mol. The van der Waals surface area contributed by atoms with E-state index >= 15 is 0 Å². The number of halogens is 1. The summed E-state index contributed by atoms with van der Waals surface area (Å²) in [6.45, 7) is 5.11. The Morgan fingerprint density at radius 1 is 1.06 bits per heavy atom. The molecule has 0 aliphatic heterocycles. The summed E-state index contributed by atoms with van der Waals surface area (Å²) in [5, 5.41) is 8.93. The van der Waals surface area contributed by atoms with Gasteiger partial charge in [0.2, 0.25) is 0 Å². The number of benzene rings is 2. The predicted octanol–water partition coefficient (Wildman–Crippen LogP) is 4.47. The molecular weight excluding hydrogens is 441 g/mol. The molecule has 0 aliphatic carbocycles. The molecule has 0 aliphatic rings. The van der Waals surface area contributed by atoms with Crippen LogP contribution < -0.4 is 20.7 Å². The van der Waals surface area contributed by atoms with Gasteiger partial charge in [0.15, 0.2) is 0 Å². The molecule has 0 radical (unpaired) electrons. The topological polar surface area (TPSA) is 107 Å². The molecular formula is C24H30FN5O4. The highest BCUT2D eigenvalue weighted by Crippen LogP contribution is 2.29. The first kappa shape index (κ1) is 25.1. The number of urea groups is 1. The maximum Gasteiger partial charge on any atom is 0.319 e. The first-order valence-electron chi connectivity index (χ1n) is 10.8. The lowest BCUT2D eigenvalue weighted by molar-refractivity contribution is 0.0165. The molecule has 0 bridgehead atoms. The van der Waals surface area contributed by atoms with E-state index < -0.39 is 5.82 Å². The molecule has 0 saturated heterocycles. The second-order valence-corrected chi connectivity index (χ2v) is 8.16. The van der Waals surface area contributed by atoms with Gasteiger partial charge < -0.3 is 30.2 Å². The number of anilines is 3. The van der Waals surface area contributed by atoms with Crippen molar-refractivity contribution in [2.75, 3.05) is 44.6 Å². The Labute approximate surface area is 198 Å². The van der Waals surface area contributed by atoms with Crippen molar-refractivity contribution < 1.29 is 23.4 Å². The summed E-state index contributed by atoms with van der Waals surface area (Å²) in [6, 6.07) is 9.65. The predicted molar refractivity (Wildman–Crippen MR) is 129 cm³/mol. The Balaban J connectivity index is 1.63. The number of fused-ring (bicyclic) bond motifs is 1. The summed E-state index contributed by atoms with van der Waals surface area (Å²) in [4.78, 5) is 20.4. The van der Waals surface area contributed by atoms with E-state index in [4.69, 9.17) is 14.2 Å². The van der Waals surface area contributed by atoms with Crippen LogP contribution in [0.2, 0.25) is 0 Å². The Kier molecular flexibility index (Phi) is 8.55. The van der Waals surface area contributed by atoms with Crippen LogP contribution in [-0.4, -0.2) is 55.6 Å². The summed E-state index contributed by atoms with van der Waals surface area (Å²) in [5.74, 6) is 0.191. The molecule has 0 saturated carbocycles. The number of carbonyl (C=O) groups excluding carboxylic acids is 1. The van der Waals surface area contributed by atoms with E-state index in [1.807, 2.05) is 13.8 Å². The average molecular weight is 472 g/mol. The highest BCUT2D eigenvalue weighted by atomic mass is 19.1. The zero-order valence-corrected chi connectivity index (χ0v) is 19.8. The maximum atomic E-state index is 14.8. The van der Waals surface area contributed by atoms with Crippen molar-refractivity contribution in [3.63, 3.8) is 0 Å². The molecule has 3 aromatic rings. The van der Waals surface area contributed by atoms with Gasteiger partial charge in [0.25, 0.3) is 0 Å². The molecule has 182 valence electrons. The summed E-state index contributed by atoms with van der Waals surface area (Å²) >= 11 is 0. The normalized spacial score (nSPS) is 11.3. The number of methoxy groups -OCH3 is 2. The maximum absolute atomic E-state index is 14.8. The van der Waals surface area contributed by atoms with Crippen LogP contribution in [0, 0.1) is 5.82 Å². The van der Waals surface area contributed by atoms with Crippen LogP contribution in [0.5, 0.6) is 5.75 Å². The van der Waals surface area contributed by atoms with Gasteiger partial charge in [-0.05, 0) is 44.5 Å². The van der Waals surface area contributed by atoms with E-state index in [0.29, 0.717) is 54.6 Å². The van der Waals surface area contributed by atoms with Gasteiger partial charge in [0.05, 0.1) is 23.1 Å². The van der Waals surface area contributed by atoms with Crippen LogP contribution in [-0.2, 0) is 9.47 Å². The molecule has 3 rings (SSSR count). The van der Waals surface area contributed by atoms with Crippen LogP contribution in [0.4, 0.5) is 26.4 Å². The van der Waals surface area contributed by atoms with Crippen molar-refractivity contribution in [2.45, 2.75) is 25.9 Å². The van der Waals surface area contributed by atoms with Gasteiger partial charge in [-0.3, -0.25) is 0 Å². The number of nitrogens with one attached hydrogen (secondary N) is 3. The number of hydrogen-bond donors (Lipinski definition) is 3. The van der Waals surface area contributed by atoms with E-state index in [2.05, 4.69) is 25.9 Å². The molecule has 0 unspecified atom stereocenters. The van der Waals surface area contributed by atoms with Crippen molar-refractivity contribution in [3.8, 4) is 5.75 Å². The lowest BCUT2D eigenvalue weighted by atomic mass is 10.1. The SMILES string of the molecule is COCCOc1cc(F)c2c(Nc3ccc(NC(=O)NCCC(C)(C)OC)cc3)ncnc2c1. The van der Waals surface area contributed by atoms with Gasteiger partial charge in [0, 0.05) is 44.3 Å². The second kappa shape index (κ2) is 11.6. The Morgan fingerprint density at radius 2 is 1.79 bits per heavy atom. The Bertz CT molecular complexity index is 1110. The lowest BCUT2D eigenvalue weighted by Gasteiger charge is -2.22. The van der Waals surface area contributed by atoms with Gasteiger partial charge in [-0.15, -0.1) is 0 Å². The zero-order chi connectivity index (χ0) is 24.6. The van der Waals surface area contributed by atoms with E-state index in [9.17, 15) is 9.18 Å². The minimum absolute atomic E-state index is 0.252. The number of ether oxygens (including phenoxy) is 3. The fraction of sp³-hybridized carbons (Fsp3) is 0.375. The fourth-order valence-corrected chi connectivity index (χ4v) is 3.07. The molecule has 0 fully saturated rings. The van der Waals surface area contributed by atoms with Gasteiger partial charge in [-0.2, -0.15) is 0 Å². The van der Waals surface area contributed by atoms with Gasteiger partial charge in [-0.25, -0.2) is 19.2 Å². The Morgan fingerprint density at radius 3 is 2.50 bits per heavy atom. The molecule has 0 atom stereocenters. The summed E-state index contributed by atoms with van der Waals surface area (Å²) in [5.41, 5.74) is 1.40. The minimum atomic E-state index is -0.500. The van der Waals surface area contributed by atoms with Gasteiger partial charge in [0.1, 0.15) is 30.3 Å². The largest absolute Gasteiger partial charge is 0.491 e. The van der Waals surface area contributed by atoms with Crippen LogP contribution in [0.3, 0.4) is 0 Å². The summed E-state index contributed by atoms with van der Waals surface area (Å²) in [6.07, 6.45) is 2.04. The minimum Gasteiger partial charge on any atom is -0.491 e. The smallest absolute Gasteiger partial charge is 0.319 e. The molecule has 1 aromatic heterocycles. The van der Waals surface area contributed by atoms with Crippen LogP contribution >= 0.6 is 0 Å². The highest BCUT2D eigenvalue weighted by molar-refractivity contribution is 5.92. The third-order valence-corrected chi connectivity index (χ3v) is 5.19. The van der Waals surface area contributed by atoms with Gasteiger partial charge >= 0.3 is 6.03 Å². The second-order valence-electron chi connectivity index (χ2n) is 8.16. The first-order chi connectivity index (χ1) is 16.3. The number of amides is 2. The van der Waals surface area contributed by atoms with Crippen molar-refractivity contribution in [1.82, 2.24) is 15.3 Å². The lowest BCUT2D eigenvalue weighted by Crippen LogP contribution is -2.34. The number of rotatable bonds is 11. The number of aromatic nitrogens is 2. The molecule has 34 heavy (non-hydrogen) atoms. The van der Waals surface area contributed by atoms with Gasteiger partial charge in [-0.1, -0.05) is 0 Å². The van der Waals surface area contributed by atoms with E-state index in [-0.39, 0.29) is 17.0 Å². The number of nitrogens with zero attached hydrogens (tertiary/aromatic N) is 2. The fourth-order valence-electron chi connectivity index (χ4n) is 3.07.